The van der Waals surface area contributed by atoms with E-state index in [9.17, 15) is 24.3 Å². The number of aryl methyl sites for hydroxylation is 1. The number of halogens is 1. The summed E-state index contributed by atoms with van der Waals surface area (Å²) < 4.78 is 15.2. The number of carbonyl (C=O) groups excluding carboxylic acids is 4. The van der Waals surface area contributed by atoms with Crippen molar-refractivity contribution in [3.05, 3.63) is 107 Å². The zero-order valence-corrected chi connectivity index (χ0v) is 27.6. The Morgan fingerprint density at radius 1 is 0.900 bits per heavy atom. The van der Waals surface area contributed by atoms with Crippen molar-refractivity contribution in [1.29, 1.82) is 0 Å². The van der Waals surface area contributed by atoms with Crippen LogP contribution in [0, 0.1) is 36.4 Å². The summed E-state index contributed by atoms with van der Waals surface area (Å²) in [4.78, 5) is 69.8. The van der Waals surface area contributed by atoms with Gasteiger partial charge in [-0.3, -0.25) is 34.3 Å². The highest BCUT2D eigenvalue weighted by molar-refractivity contribution is 6.13. The fourth-order valence-electron chi connectivity index (χ4n) is 8.87. The van der Waals surface area contributed by atoms with Gasteiger partial charge < -0.3 is 10.2 Å². The zero-order chi connectivity index (χ0) is 35.3. The third-order valence-corrected chi connectivity index (χ3v) is 11.1. The Morgan fingerprint density at radius 2 is 1.64 bits per heavy atom. The van der Waals surface area contributed by atoms with Crippen molar-refractivity contribution in [3.8, 4) is 5.75 Å². The summed E-state index contributed by atoms with van der Waals surface area (Å²) in [5, 5.41) is 21.3. The lowest BCUT2D eigenvalue weighted by molar-refractivity contribution is -0.141. The number of hydrogen-bond acceptors (Lipinski definition) is 7. The molecule has 2 heterocycles. The average Bonchev–Trinajstić information content (AvgIpc) is 3.48. The average molecular weight is 680 g/mol. The third kappa shape index (κ3) is 5.18. The number of likely N-dealkylation sites (tertiary alicyclic amines) is 1. The molecule has 1 saturated carbocycles. The van der Waals surface area contributed by atoms with Crippen LogP contribution >= 0.6 is 0 Å². The lowest BCUT2D eigenvalue weighted by Gasteiger charge is -2.50. The van der Waals surface area contributed by atoms with Crippen LogP contribution < -0.4 is 5.43 Å². The number of aliphatic carboxylic acids is 1. The number of hydrogen-bond donors (Lipinski definition) is 3. The molecule has 3 N–H and O–H groups in total. The molecule has 50 heavy (non-hydrogen) atoms. The number of phenols is 1. The van der Waals surface area contributed by atoms with Crippen LogP contribution in [-0.2, 0) is 29.4 Å². The molecule has 0 aromatic heterocycles. The number of anilines is 1. The number of phenolic OH excluding ortho intramolecular Hbond substituents is 1. The number of carbonyl (C=O) groups is 5. The van der Waals surface area contributed by atoms with Gasteiger partial charge in [-0.2, -0.15) is 5.01 Å². The number of carboxylic acids is 1. The molecule has 258 valence electrons. The zero-order valence-electron chi connectivity index (χ0n) is 27.6. The molecule has 11 heteroatoms. The molecule has 0 bridgehead atoms. The van der Waals surface area contributed by atoms with Crippen molar-refractivity contribution in [3.63, 3.8) is 0 Å². The van der Waals surface area contributed by atoms with Gasteiger partial charge in [0.15, 0.2) is 11.6 Å². The third-order valence-electron chi connectivity index (χ3n) is 11.1. The number of amides is 4. The van der Waals surface area contributed by atoms with Crippen LogP contribution in [0.15, 0.2) is 84.4 Å². The van der Waals surface area contributed by atoms with Gasteiger partial charge in [-0.25, -0.2) is 4.39 Å². The van der Waals surface area contributed by atoms with Crippen molar-refractivity contribution in [2.24, 2.45) is 23.7 Å². The van der Waals surface area contributed by atoms with Crippen LogP contribution in [0.3, 0.4) is 0 Å². The van der Waals surface area contributed by atoms with Crippen molar-refractivity contribution in [1.82, 2.24) is 9.91 Å². The second-order valence-electron chi connectivity index (χ2n) is 13.8. The summed E-state index contributed by atoms with van der Waals surface area (Å²) in [6, 6.07) is 20.2. The van der Waals surface area contributed by atoms with Gasteiger partial charge in [0.05, 0.1) is 28.9 Å². The molecule has 7 rings (SSSR count). The van der Waals surface area contributed by atoms with Gasteiger partial charge in [0, 0.05) is 24.4 Å². The second kappa shape index (κ2) is 12.9. The summed E-state index contributed by atoms with van der Waals surface area (Å²) in [5.41, 5.74) is 4.16. The number of allylic oxidation sites excluding steroid dienone is 2. The van der Waals surface area contributed by atoms with E-state index >= 15 is 9.18 Å². The van der Waals surface area contributed by atoms with Crippen LogP contribution in [0.4, 0.5) is 10.1 Å². The number of unbranched alkanes of at least 4 members (excludes halogenated alkanes) is 2. The van der Waals surface area contributed by atoms with E-state index in [1.807, 2.05) is 25.1 Å². The number of para-hydroxylation sites is 1. The first kappa shape index (κ1) is 33.2. The minimum Gasteiger partial charge on any atom is -0.505 e. The van der Waals surface area contributed by atoms with E-state index in [4.69, 9.17) is 5.11 Å². The smallest absolute Gasteiger partial charge is 0.303 e. The Kier molecular flexibility index (Phi) is 8.53. The maximum atomic E-state index is 15.2. The molecule has 3 aromatic rings. The van der Waals surface area contributed by atoms with Crippen molar-refractivity contribution in [2.75, 3.05) is 12.0 Å². The molecule has 4 aliphatic rings. The Bertz CT molecular complexity index is 1910. The number of rotatable bonds is 10. The molecule has 6 unspecified atom stereocenters. The first-order chi connectivity index (χ1) is 24.0. The molecule has 6 atom stereocenters. The molecular weight excluding hydrogens is 641 g/mol. The van der Waals surface area contributed by atoms with Crippen molar-refractivity contribution < 1.29 is 38.6 Å². The SMILES string of the molecule is Cc1ccc(NN2C(=O)C3CC4C(=CCC5C(=O)N(CCCCCC(=O)O)C(=O)C54)C(c4cccc(F)c4O)C3(c3ccccc3)C2=O)cc1. The molecule has 3 fully saturated rings. The highest BCUT2D eigenvalue weighted by Gasteiger charge is 2.70. The van der Waals surface area contributed by atoms with Gasteiger partial charge in [0.1, 0.15) is 0 Å². The largest absolute Gasteiger partial charge is 0.505 e. The predicted octanol–water partition coefficient (Wildman–Crippen LogP) is 5.47. The molecule has 0 radical (unpaired) electrons. The fraction of sp³-hybridized carbons (Fsp3) is 0.359. The first-order valence-electron chi connectivity index (χ1n) is 17.1. The monoisotopic (exact) mass is 679 g/mol. The maximum absolute atomic E-state index is 15.2. The normalized spacial score (nSPS) is 27.2. The minimum atomic E-state index is -1.62. The number of hydrazine groups is 1. The molecule has 10 nitrogen and oxygen atoms in total. The van der Waals surface area contributed by atoms with Crippen molar-refractivity contribution >= 4 is 35.3 Å². The summed E-state index contributed by atoms with van der Waals surface area (Å²) in [7, 11) is 0. The van der Waals surface area contributed by atoms with E-state index in [1.54, 1.807) is 48.5 Å². The van der Waals surface area contributed by atoms with E-state index in [0.29, 0.717) is 36.1 Å². The van der Waals surface area contributed by atoms with E-state index in [0.717, 1.165) is 16.6 Å². The Labute approximate surface area is 288 Å². The quantitative estimate of drug-likeness (QED) is 0.145. The summed E-state index contributed by atoms with van der Waals surface area (Å²) in [6.45, 7) is 2.08. The van der Waals surface area contributed by atoms with Crippen LogP contribution in [0.25, 0.3) is 0 Å². The molecule has 3 aromatic carbocycles. The van der Waals surface area contributed by atoms with Crippen LogP contribution in [-0.4, -0.2) is 56.3 Å². The fourth-order valence-corrected chi connectivity index (χ4v) is 8.87. The molecule has 2 aliphatic carbocycles. The number of imide groups is 2. The van der Waals surface area contributed by atoms with Crippen LogP contribution in [0.2, 0.25) is 0 Å². The number of nitrogens with zero attached hydrogens (tertiary/aromatic N) is 2. The lowest BCUT2D eigenvalue weighted by Crippen LogP contribution is -2.53. The molecule has 4 amide bonds. The first-order valence-corrected chi connectivity index (χ1v) is 17.1. The second-order valence-corrected chi connectivity index (χ2v) is 13.8. The lowest BCUT2D eigenvalue weighted by atomic mass is 9.49. The van der Waals surface area contributed by atoms with Gasteiger partial charge in [-0.1, -0.05) is 78.2 Å². The Balaban J connectivity index is 1.34. The molecule has 2 aliphatic heterocycles. The molecular formula is C39H38FN3O7. The van der Waals surface area contributed by atoms with Gasteiger partial charge >= 0.3 is 5.97 Å². The van der Waals surface area contributed by atoms with Gasteiger partial charge in [-0.15, -0.1) is 0 Å². The van der Waals surface area contributed by atoms with Crippen molar-refractivity contribution in [2.45, 2.75) is 56.8 Å². The van der Waals surface area contributed by atoms with E-state index in [-0.39, 0.29) is 43.2 Å². The van der Waals surface area contributed by atoms with E-state index in [1.165, 1.54) is 11.0 Å². The maximum Gasteiger partial charge on any atom is 0.303 e. The summed E-state index contributed by atoms with van der Waals surface area (Å²) in [5.74, 6) is -8.39. The van der Waals surface area contributed by atoms with E-state index in [2.05, 4.69) is 5.43 Å². The molecule has 2 saturated heterocycles. The standard InChI is InChI=1S/C39H38FN3O7/c1-22-14-16-24(17-15-22)41-43-36(48)29-21-28-25(18-19-26-32(28)37(49)42(35(26)47)20-7-3-6-13-31(44)45)33(27-11-8-12-30(40)34(27)46)39(29,38(43)50)23-9-4-2-5-10-23/h2,4-5,8-12,14-18,26,28-29,32-33,41,46H,3,6-7,13,19-21H2,1H3,(H,44,45). The number of carboxylic acid groups (broad SMARTS) is 1. The summed E-state index contributed by atoms with van der Waals surface area (Å²) in [6.07, 6.45) is 3.57. The number of nitrogens with one attached hydrogen (secondary N) is 1. The summed E-state index contributed by atoms with van der Waals surface area (Å²) >= 11 is 0. The highest BCUT2D eigenvalue weighted by atomic mass is 19.1. The van der Waals surface area contributed by atoms with Gasteiger partial charge in [0.25, 0.3) is 11.8 Å². The predicted molar refractivity (Wildman–Crippen MR) is 180 cm³/mol. The number of benzene rings is 3. The highest BCUT2D eigenvalue weighted by Crippen LogP contribution is 2.65. The van der Waals surface area contributed by atoms with E-state index < -0.39 is 64.4 Å². The molecule has 0 spiro atoms. The van der Waals surface area contributed by atoms with Crippen LogP contribution in [0.1, 0.15) is 61.1 Å². The Hall–Kier alpha value is -5.32. The topological polar surface area (TPSA) is 144 Å². The van der Waals surface area contributed by atoms with Crippen LogP contribution in [0.5, 0.6) is 5.75 Å². The minimum absolute atomic E-state index is 0.00387. The number of aromatic hydroxyl groups is 1. The van der Waals surface area contributed by atoms with Gasteiger partial charge in [0.2, 0.25) is 11.8 Å². The Morgan fingerprint density at radius 3 is 2.36 bits per heavy atom. The van der Waals surface area contributed by atoms with Gasteiger partial charge in [-0.05, 0) is 62.3 Å². The number of fused-ring (bicyclic) bond motifs is 4.